The zero-order chi connectivity index (χ0) is 12.0. The topological polar surface area (TPSA) is 45.6 Å². The lowest BCUT2D eigenvalue weighted by molar-refractivity contribution is 0.100. The first-order valence-electron chi connectivity index (χ1n) is 4.10. The van der Waals surface area contributed by atoms with Gasteiger partial charge in [0, 0.05) is 24.5 Å². The van der Waals surface area contributed by atoms with Gasteiger partial charge < -0.3 is 0 Å². The number of aliphatic imine (C=N–C) groups is 1. The van der Waals surface area contributed by atoms with Crippen LogP contribution >= 0.6 is 15.9 Å². The Morgan fingerprint density at radius 3 is 2.69 bits per heavy atom. The number of terminal acetylenes is 2. The Morgan fingerprint density at radius 2 is 2.19 bits per heavy atom. The van der Waals surface area contributed by atoms with Crippen LogP contribution in [0.2, 0.25) is 0 Å². The summed E-state index contributed by atoms with van der Waals surface area (Å²) in [7, 11) is 0. The lowest BCUT2D eigenvalue weighted by Crippen LogP contribution is -2.16. The van der Waals surface area contributed by atoms with Gasteiger partial charge in [0.05, 0.1) is 5.56 Å². The number of hydrogen-bond donors (Lipinski definition) is 0. The Hall–Kier alpha value is -2.11. The molecule has 0 aliphatic heterocycles. The van der Waals surface area contributed by atoms with E-state index in [0.29, 0.717) is 5.56 Å². The molecule has 0 saturated heterocycles. The van der Waals surface area contributed by atoms with E-state index in [1.165, 1.54) is 6.20 Å². The minimum absolute atomic E-state index is 0.0892. The van der Waals surface area contributed by atoms with E-state index in [0.717, 1.165) is 4.90 Å². The third-order valence-corrected chi connectivity index (χ3v) is 2.08. The summed E-state index contributed by atoms with van der Waals surface area (Å²) in [6, 6.07) is 7.55. The van der Waals surface area contributed by atoms with Crippen LogP contribution in [0.4, 0.5) is 0 Å². The minimum Gasteiger partial charge on any atom is -0.267 e. The van der Waals surface area contributed by atoms with Gasteiger partial charge in [0.2, 0.25) is 4.74 Å². The van der Waals surface area contributed by atoms with Gasteiger partial charge in [-0.25, -0.2) is 4.90 Å². The minimum atomic E-state index is -0.476. The fourth-order valence-corrected chi connectivity index (χ4v) is 1.20. The molecule has 0 fully saturated rings. The summed E-state index contributed by atoms with van der Waals surface area (Å²) in [4.78, 5) is 20.1. The molecule has 0 unspecified atom stereocenters. The molecule has 1 rings (SSSR count). The van der Waals surface area contributed by atoms with Gasteiger partial charge in [-0.05, 0) is 28.1 Å². The highest BCUT2D eigenvalue weighted by Crippen LogP contribution is 2.03. The van der Waals surface area contributed by atoms with Crippen LogP contribution in [0, 0.1) is 24.9 Å². The third kappa shape index (κ3) is 2.94. The van der Waals surface area contributed by atoms with Crippen molar-refractivity contribution in [2.24, 2.45) is 4.99 Å². The van der Waals surface area contributed by atoms with Crippen molar-refractivity contribution in [1.82, 2.24) is 9.88 Å². The lowest BCUT2D eigenvalue weighted by Gasteiger charge is -2.04. The number of amidine groups is 1. The van der Waals surface area contributed by atoms with E-state index < -0.39 is 5.91 Å². The molecule has 0 atom stereocenters. The van der Waals surface area contributed by atoms with Crippen molar-refractivity contribution in [3.63, 3.8) is 0 Å². The molecule has 0 aromatic carbocycles. The smallest absolute Gasteiger partial charge is 0.267 e. The first-order chi connectivity index (χ1) is 7.69. The molecule has 5 heteroatoms. The van der Waals surface area contributed by atoms with E-state index in [2.05, 4.69) is 38.0 Å². The van der Waals surface area contributed by atoms with Crippen molar-refractivity contribution in [3.8, 4) is 24.9 Å². The van der Waals surface area contributed by atoms with Crippen LogP contribution in [-0.4, -0.2) is 20.5 Å². The molecule has 1 aromatic rings. The van der Waals surface area contributed by atoms with Gasteiger partial charge >= 0.3 is 0 Å². The molecule has 0 N–H and O–H groups in total. The molecule has 16 heavy (non-hydrogen) atoms. The van der Waals surface area contributed by atoms with E-state index in [4.69, 9.17) is 12.8 Å². The number of hydrogen-bond acceptors (Lipinski definition) is 2. The van der Waals surface area contributed by atoms with Gasteiger partial charge in [-0.15, -0.1) is 0 Å². The highest BCUT2D eigenvalue weighted by Gasteiger charge is 2.08. The SMILES string of the molecule is C#CN(C#C)C(Br)=NC(=O)c1cccnc1. The Morgan fingerprint density at radius 1 is 1.50 bits per heavy atom. The zero-order valence-corrected chi connectivity index (χ0v) is 9.68. The Balaban J connectivity index is 2.91. The molecule has 0 saturated carbocycles. The fraction of sp³-hybridized carbons (Fsp3) is 0. The van der Waals surface area contributed by atoms with Crippen LogP contribution in [-0.2, 0) is 0 Å². The van der Waals surface area contributed by atoms with E-state index in [9.17, 15) is 4.79 Å². The molecular formula is C11H6BrN3O. The Kier molecular flexibility index (Phi) is 4.26. The summed E-state index contributed by atoms with van der Waals surface area (Å²) in [6.45, 7) is 0. The number of aromatic nitrogens is 1. The molecule has 4 nitrogen and oxygen atoms in total. The largest absolute Gasteiger partial charge is 0.281 e. The van der Waals surface area contributed by atoms with Crippen molar-refractivity contribution in [2.45, 2.75) is 0 Å². The van der Waals surface area contributed by atoms with Gasteiger partial charge in [0.25, 0.3) is 5.91 Å². The summed E-state index contributed by atoms with van der Waals surface area (Å²) in [5, 5.41) is 0. The Labute approximate surface area is 102 Å². The highest BCUT2D eigenvalue weighted by atomic mass is 79.9. The van der Waals surface area contributed by atoms with Crippen LogP contribution in [0.15, 0.2) is 29.5 Å². The summed E-state index contributed by atoms with van der Waals surface area (Å²) in [5.74, 6) is -0.476. The molecule has 0 aliphatic rings. The van der Waals surface area contributed by atoms with Crippen LogP contribution in [0.1, 0.15) is 10.4 Å². The van der Waals surface area contributed by atoms with Crippen molar-refractivity contribution in [1.29, 1.82) is 0 Å². The van der Waals surface area contributed by atoms with E-state index in [1.54, 1.807) is 18.3 Å². The molecule has 0 radical (unpaired) electrons. The maximum atomic E-state index is 11.6. The molecule has 0 bridgehead atoms. The summed E-state index contributed by atoms with van der Waals surface area (Å²) in [5.41, 5.74) is 0.355. The predicted molar refractivity (Wildman–Crippen MR) is 64.4 cm³/mol. The van der Waals surface area contributed by atoms with Crippen LogP contribution in [0.25, 0.3) is 0 Å². The molecule has 78 valence electrons. The normalized spacial score (nSPS) is 10.1. The van der Waals surface area contributed by atoms with Gasteiger partial charge in [-0.3, -0.25) is 9.78 Å². The summed E-state index contributed by atoms with van der Waals surface area (Å²) >= 11 is 3.01. The number of nitrogens with zero attached hydrogens (tertiary/aromatic N) is 3. The molecular weight excluding hydrogens is 270 g/mol. The van der Waals surface area contributed by atoms with Crippen molar-refractivity contribution in [3.05, 3.63) is 30.1 Å². The van der Waals surface area contributed by atoms with Crippen LogP contribution < -0.4 is 0 Å². The summed E-state index contributed by atoms with van der Waals surface area (Å²) in [6.07, 6.45) is 13.2. The van der Waals surface area contributed by atoms with Crippen molar-refractivity contribution < 1.29 is 4.79 Å². The number of amides is 1. The second kappa shape index (κ2) is 5.69. The third-order valence-electron chi connectivity index (χ3n) is 1.55. The standard InChI is InChI=1S/C11H6BrN3O/c1-3-15(4-2)11(12)14-10(16)9-6-5-7-13-8-9/h1-2,5-8H. The second-order valence-corrected chi connectivity index (χ2v) is 3.23. The van der Waals surface area contributed by atoms with E-state index in [1.807, 2.05) is 0 Å². The number of halogens is 1. The average molecular weight is 276 g/mol. The van der Waals surface area contributed by atoms with Crippen molar-refractivity contribution in [2.75, 3.05) is 0 Å². The molecule has 1 aromatic heterocycles. The lowest BCUT2D eigenvalue weighted by atomic mass is 10.3. The first kappa shape index (κ1) is 12.0. The number of carbonyl (C=O) groups excluding carboxylic acids is 1. The van der Waals surface area contributed by atoms with Gasteiger partial charge in [0.1, 0.15) is 0 Å². The number of carbonyl (C=O) groups is 1. The van der Waals surface area contributed by atoms with Crippen LogP contribution in [0.5, 0.6) is 0 Å². The molecule has 0 spiro atoms. The molecule has 0 aliphatic carbocycles. The van der Waals surface area contributed by atoms with E-state index >= 15 is 0 Å². The average Bonchev–Trinajstić information content (AvgIpc) is 2.31. The quantitative estimate of drug-likeness (QED) is 0.256. The number of pyridine rings is 1. The van der Waals surface area contributed by atoms with Gasteiger partial charge in [0.15, 0.2) is 0 Å². The maximum absolute atomic E-state index is 11.6. The molecule has 1 heterocycles. The summed E-state index contributed by atoms with van der Waals surface area (Å²) < 4.78 is 0.0892. The first-order valence-corrected chi connectivity index (χ1v) is 4.89. The monoisotopic (exact) mass is 275 g/mol. The maximum Gasteiger partial charge on any atom is 0.281 e. The van der Waals surface area contributed by atoms with Crippen molar-refractivity contribution >= 4 is 26.6 Å². The zero-order valence-electron chi connectivity index (χ0n) is 8.09. The molecule has 1 amide bonds. The fourth-order valence-electron chi connectivity index (χ4n) is 0.831. The van der Waals surface area contributed by atoms with E-state index in [-0.39, 0.29) is 4.74 Å². The highest BCUT2D eigenvalue weighted by molar-refractivity contribution is 9.18. The number of rotatable bonds is 1. The second-order valence-electron chi connectivity index (χ2n) is 2.52. The van der Waals surface area contributed by atoms with Gasteiger partial charge in [-0.1, -0.05) is 12.8 Å². The Bertz CT molecular complexity index is 482. The van der Waals surface area contributed by atoms with Crippen LogP contribution in [0.3, 0.4) is 0 Å². The predicted octanol–water partition coefficient (Wildman–Crippen LogP) is 1.46. The van der Waals surface area contributed by atoms with Gasteiger partial charge in [-0.2, -0.15) is 4.99 Å².